The Morgan fingerprint density at radius 1 is 1.35 bits per heavy atom. The summed E-state index contributed by atoms with van der Waals surface area (Å²) in [6.45, 7) is 4.27. The fraction of sp³-hybridized carbons (Fsp3) is 0.800. The Balaban J connectivity index is 4.95. The van der Waals surface area contributed by atoms with Gasteiger partial charge in [0.05, 0.1) is 11.0 Å². The van der Waals surface area contributed by atoms with Crippen LogP contribution in [0.1, 0.15) is 27.2 Å². The molecule has 6 nitrogen and oxygen atoms in total. The van der Waals surface area contributed by atoms with Gasteiger partial charge in [0.2, 0.25) is 5.91 Å². The van der Waals surface area contributed by atoms with Crippen molar-refractivity contribution in [2.75, 3.05) is 12.8 Å². The van der Waals surface area contributed by atoms with Gasteiger partial charge in [-0.2, -0.15) is 0 Å². The summed E-state index contributed by atoms with van der Waals surface area (Å²) in [5.41, 5.74) is -1.71. The molecule has 0 fully saturated rings. The second kappa shape index (κ2) is 5.48. The monoisotopic (exact) mass is 265 g/mol. The minimum absolute atomic E-state index is 0.234. The molecule has 7 heteroatoms. The van der Waals surface area contributed by atoms with Gasteiger partial charge in [-0.15, -0.1) is 0 Å². The van der Waals surface area contributed by atoms with Crippen LogP contribution in [0.2, 0.25) is 0 Å². The molecule has 100 valence electrons. The van der Waals surface area contributed by atoms with Crippen LogP contribution in [0.5, 0.6) is 0 Å². The van der Waals surface area contributed by atoms with Crippen LogP contribution < -0.4 is 5.32 Å². The highest BCUT2D eigenvalue weighted by Gasteiger charge is 2.41. The number of sulfone groups is 1. The Morgan fingerprint density at radius 2 is 1.82 bits per heavy atom. The van der Waals surface area contributed by atoms with Crippen molar-refractivity contribution in [2.24, 2.45) is 5.41 Å². The van der Waals surface area contributed by atoms with E-state index in [1.54, 1.807) is 0 Å². The first-order valence-electron chi connectivity index (χ1n) is 5.25. The van der Waals surface area contributed by atoms with Gasteiger partial charge in [0, 0.05) is 7.05 Å². The molecule has 2 N–H and O–H groups in total. The van der Waals surface area contributed by atoms with Gasteiger partial charge in [-0.05, 0) is 27.2 Å². The standard InChI is InChI=1S/C10H19NO5S/c1-7(2)17(15,16)6-5-10(3,9(13)14)8(12)11-4/h7H,5-6H2,1-4H3,(H,11,12)(H,13,14). The van der Waals surface area contributed by atoms with Crippen molar-refractivity contribution in [1.29, 1.82) is 0 Å². The van der Waals surface area contributed by atoms with E-state index in [0.29, 0.717) is 0 Å². The topological polar surface area (TPSA) is 101 Å². The summed E-state index contributed by atoms with van der Waals surface area (Å²) in [4.78, 5) is 22.5. The van der Waals surface area contributed by atoms with E-state index in [-0.39, 0.29) is 12.2 Å². The third-order valence-electron chi connectivity index (χ3n) is 2.81. The Hall–Kier alpha value is -1.11. The lowest BCUT2D eigenvalue weighted by Crippen LogP contribution is -2.44. The maximum absolute atomic E-state index is 11.6. The molecule has 0 bridgehead atoms. The SMILES string of the molecule is CNC(=O)C(C)(CCS(=O)(=O)C(C)C)C(=O)O. The molecule has 1 atom stereocenters. The second-order valence-corrected chi connectivity index (χ2v) is 7.06. The van der Waals surface area contributed by atoms with E-state index in [0.717, 1.165) is 0 Å². The minimum Gasteiger partial charge on any atom is -0.480 e. The summed E-state index contributed by atoms with van der Waals surface area (Å²) in [5, 5.41) is 10.7. The number of carbonyl (C=O) groups excluding carboxylic acids is 1. The third kappa shape index (κ3) is 3.69. The molecule has 0 saturated carbocycles. The number of rotatable bonds is 6. The number of carboxylic acids is 1. The Morgan fingerprint density at radius 3 is 2.12 bits per heavy atom. The lowest BCUT2D eigenvalue weighted by molar-refractivity contribution is -0.154. The molecule has 0 spiro atoms. The van der Waals surface area contributed by atoms with E-state index in [1.807, 2.05) is 0 Å². The number of hydrogen-bond donors (Lipinski definition) is 2. The van der Waals surface area contributed by atoms with E-state index in [9.17, 15) is 18.0 Å². The molecule has 1 amide bonds. The summed E-state index contributed by atoms with van der Waals surface area (Å²) in [6, 6.07) is 0. The molecule has 0 aromatic rings. The van der Waals surface area contributed by atoms with Gasteiger partial charge in [0.15, 0.2) is 9.84 Å². The van der Waals surface area contributed by atoms with Gasteiger partial charge in [-0.1, -0.05) is 0 Å². The highest BCUT2D eigenvalue weighted by molar-refractivity contribution is 7.91. The maximum atomic E-state index is 11.6. The summed E-state index contributed by atoms with van der Waals surface area (Å²) in [7, 11) is -2.03. The van der Waals surface area contributed by atoms with Crippen molar-refractivity contribution in [3.63, 3.8) is 0 Å². The normalized spacial score (nSPS) is 15.4. The number of aliphatic carboxylic acids is 1. The number of nitrogens with one attached hydrogen (secondary N) is 1. The number of hydrogen-bond acceptors (Lipinski definition) is 4. The average Bonchev–Trinajstić information content (AvgIpc) is 2.24. The maximum Gasteiger partial charge on any atom is 0.318 e. The van der Waals surface area contributed by atoms with Crippen molar-refractivity contribution >= 4 is 21.7 Å². The quantitative estimate of drug-likeness (QED) is 0.660. The first-order valence-corrected chi connectivity index (χ1v) is 6.96. The Labute approximate surface area is 101 Å². The van der Waals surface area contributed by atoms with Crippen molar-refractivity contribution < 1.29 is 23.1 Å². The van der Waals surface area contributed by atoms with Gasteiger partial charge < -0.3 is 10.4 Å². The van der Waals surface area contributed by atoms with Gasteiger partial charge in [-0.25, -0.2) is 8.42 Å². The van der Waals surface area contributed by atoms with Crippen molar-refractivity contribution in [2.45, 2.75) is 32.4 Å². The van der Waals surface area contributed by atoms with Crippen LogP contribution in [0.4, 0.5) is 0 Å². The Bertz CT molecular complexity index is 401. The van der Waals surface area contributed by atoms with Crippen molar-refractivity contribution in [3.8, 4) is 0 Å². The molecule has 0 aromatic heterocycles. The zero-order chi connectivity index (χ0) is 13.9. The first kappa shape index (κ1) is 15.9. The van der Waals surface area contributed by atoms with Gasteiger partial charge >= 0.3 is 5.97 Å². The van der Waals surface area contributed by atoms with Crippen LogP contribution in [0.3, 0.4) is 0 Å². The summed E-state index contributed by atoms with van der Waals surface area (Å²) < 4.78 is 23.2. The lowest BCUT2D eigenvalue weighted by atomic mass is 9.87. The molecule has 0 saturated heterocycles. The predicted octanol–water partition coefficient (Wildman–Crippen LogP) is 0.0366. The highest BCUT2D eigenvalue weighted by atomic mass is 32.2. The molecule has 17 heavy (non-hydrogen) atoms. The van der Waals surface area contributed by atoms with Gasteiger partial charge in [0.25, 0.3) is 0 Å². The fourth-order valence-corrected chi connectivity index (χ4v) is 2.34. The zero-order valence-corrected chi connectivity index (χ0v) is 11.3. The van der Waals surface area contributed by atoms with E-state index in [1.165, 1.54) is 27.8 Å². The zero-order valence-electron chi connectivity index (χ0n) is 10.5. The molecule has 1 unspecified atom stereocenters. The van der Waals surface area contributed by atoms with E-state index in [4.69, 9.17) is 5.11 Å². The first-order chi connectivity index (χ1) is 7.58. The van der Waals surface area contributed by atoms with Gasteiger partial charge in [-0.3, -0.25) is 9.59 Å². The van der Waals surface area contributed by atoms with Crippen LogP contribution in [-0.4, -0.2) is 43.5 Å². The number of carboxylic acid groups (broad SMARTS) is 1. The van der Waals surface area contributed by atoms with Crippen LogP contribution >= 0.6 is 0 Å². The van der Waals surface area contributed by atoms with Crippen LogP contribution in [0.15, 0.2) is 0 Å². The molecule has 0 rings (SSSR count). The Kier molecular flexibility index (Phi) is 5.12. The molecular weight excluding hydrogens is 246 g/mol. The second-order valence-electron chi connectivity index (χ2n) is 4.38. The molecule has 0 heterocycles. The molecule has 0 aliphatic rings. The highest BCUT2D eigenvalue weighted by Crippen LogP contribution is 2.23. The number of carbonyl (C=O) groups is 2. The molecule has 0 aliphatic heterocycles. The number of amides is 1. The van der Waals surface area contributed by atoms with Crippen molar-refractivity contribution in [3.05, 3.63) is 0 Å². The van der Waals surface area contributed by atoms with E-state index < -0.39 is 32.4 Å². The van der Waals surface area contributed by atoms with E-state index in [2.05, 4.69) is 5.32 Å². The predicted molar refractivity (Wildman–Crippen MR) is 63.3 cm³/mol. The van der Waals surface area contributed by atoms with Crippen LogP contribution in [0.25, 0.3) is 0 Å². The third-order valence-corrected chi connectivity index (χ3v) is 5.01. The summed E-state index contributed by atoms with van der Waals surface area (Å²) in [5.74, 6) is -2.33. The van der Waals surface area contributed by atoms with Crippen LogP contribution in [-0.2, 0) is 19.4 Å². The minimum atomic E-state index is -3.35. The van der Waals surface area contributed by atoms with Gasteiger partial charge in [0.1, 0.15) is 5.41 Å². The lowest BCUT2D eigenvalue weighted by Gasteiger charge is -2.23. The van der Waals surface area contributed by atoms with E-state index >= 15 is 0 Å². The summed E-state index contributed by atoms with van der Waals surface area (Å²) in [6.07, 6.45) is -0.234. The molecule has 0 radical (unpaired) electrons. The largest absolute Gasteiger partial charge is 0.480 e. The summed E-state index contributed by atoms with van der Waals surface area (Å²) >= 11 is 0. The van der Waals surface area contributed by atoms with Crippen LogP contribution in [0, 0.1) is 5.41 Å². The smallest absolute Gasteiger partial charge is 0.318 e. The molecular formula is C10H19NO5S. The molecule has 0 aromatic carbocycles. The fourth-order valence-electron chi connectivity index (χ4n) is 1.18. The average molecular weight is 265 g/mol. The van der Waals surface area contributed by atoms with Crippen molar-refractivity contribution in [1.82, 2.24) is 5.32 Å². The molecule has 0 aliphatic carbocycles.